The molecule has 0 amide bonds. The van der Waals surface area contributed by atoms with Gasteiger partial charge in [-0.05, 0) is 26.0 Å². The molecule has 0 spiro atoms. The van der Waals surface area contributed by atoms with Gasteiger partial charge in [-0.15, -0.1) is 0 Å². The fourth-order valence-electron chi connectivity index (χ4n) is 2.03. The molecule has 1 aliphatic rings. The molecule has 0 aromatic heterocycles. The van der Waals surface area contributed by atoms with Crippen molar-refractivity contribution in [2.24, 2.45) is 0 Å². The summed E-state index contributed by atoms with van der Waals surface area (Å²) in [5.41, 5.74) is 0. The third-order valence-electron chi connectivity index (χ3n) is 2.96. The summed E-state index contributed by atoms with van der Waals surface area (Å²) in [6.45, 7) is 9.34. The molecule has 0 saturated carbocycles. The third kappa shape index (κ3) is 5.09. The maximum absolute atomic E-state index is 5.77. The summed E-state index contributed by atoms with van der Waals surface area (Å²) in [5, 5.41) is 0. The van der Waals surface area contributed by atoms with Gasteiger partial charge >= 0.3 is 0 Å². The van der Waals surface area contributed by atoms with E-state index in [9.17, 15) is 0 Å². The Hall–Kier alpha value is -1.26. The Morgan fingerprint density at radius 2 is 1.95 bits per heavy atom. The molecule has 4 heteroatoms. The molecule has 2 rings (SSSR count). The predicted molar refractivity (Wildman–Crippen MR) is 75.0 cm³/mol. The number of hydrogen-bond donors (Lipinski definition) is 0. The Kier molecular flexibility index (Phi) is 5.48. The normalized spacial score (nSPS) is 16.6. The highest BCUT2D eigenvalue weighted by molar-refractivity contribution is 5.33. The molecule has 1 saturated heterocycles. The number of hydrogen-bond acceptors (Lipinski definition) is 4. The second kappa shape index (κ2) is 7.36. The molecule has 0 unspecified atom stereocenters. The van der Waals surface area contributed by atoms with Gasteiger partial charge in [-0.1, -0.05) is 6.07 Å². The van der Waals surface area contributed by atoms with Gasteiger partial charge in [-0.25, -0.2) is 0 Å². The highest BCUT2D eigenvalue weighted by Crippen LogP contribution is 2.20. The first-order chi connectivity index (χ1) is 9.24. The van der Waals surface area contributed by atoms with Crippen LogP contribution in [0.2, 0.25) is 0 Å². The first-order valence-corrected chi connectivity index (χ1v) is 6.93. The molecule has 1 aromatic rings. The number of rotatable bonds is 6. The van der Waals surface area contributed by atoms with E-state index in [-0.39, 0.29) is 6.10 Å². The second-order valence-corrected chi connectivity index (χ2v) is 4.94. The maximum atomic E-state index is 5.77. The Morgan fingerprint density at radius 1 is 1.21 bits per heavy atom. The summed E-state index contributed by atoms with van der Waals surface area (Å²) in [6, 6.07) is 7.82. The molecule has 0 aliphatic carbocycles. The van der Waals surface area contributed by atoms with Crippen LogP contribution in [0.3, 0.4) is 0 Å². The average Bonchev–Trinajstić information content (AvgIpc) is 2.40. The Morgan fingerprint density at radius 3 is 2.68 bits per heavy atom. The fraction of sp³-hybridized carbons (Fsp3) is 0.600. The van der Waals surface area contributed by atoms with E-state index in [0.29, 0.717) is 6.61 Å². The summed E-state index contributed by atoms with van der Waals surface area (Å²) in [5.74, 6) is 1.73. The van der Waals surface area contributed by atoms with Gasteiger partial charge in [0.1, 0.15) is 18.1 Å². The van der Waals surface area contributed by atoms with Crippen LogP contribution in [0.5, 0.6) is 11.5 Å². The van der Waals surface area contributed by atoms with Gasteiger partial charge in [0.25, 0.3) is 0 Å². The third-order valence-corrected chi connectivity index (χ3v) is 2.96. The molecule has 1 fully saturated rings. The minimum Gasteiger partial charge on any atom is -0.492 e. The molecule has 0 bridgehead atoms. The minimum absolute atomic E-state index is 0.184. The molecule has 0 atom stereocenters. The lowest BCUT2D eigenvalue weighted by Crippen LogP contribution is -2.38. The fourth-order valence-corrected chi connectivity index (χ4v) is 2.03. The van der Waals surface area contributed by atoms with Crippen molar-refractivity contribution in [3.63, 3.8) is 0 Å². The van der Waals surface area contributed by atoms with Gasteiger partial charge in [-0.3, -0.25) is 4.90 Å². The Bertz CT molecular complexity index is 375. The summed E-state index contributed by atoms with van der Waals surface area (Å²) in [4.78, 5) is 2.36. The van der Waals surface area contributed by atoms with E-state index in [2.05, 4.69) is 4.90 Å². The number of benzene rings is 1. The number of nitrogens with zero attached hydrogens (tertiary/aromatic N) is 1. The van der Waals surface area contributed by atoms with E-state index in [1.54, 1.807) is 0 Å². The van der Waals surface area contributed by atoms with E-state index in [0.717, 1.165) is 44.3 Å². The molecular weight excluding hydrogens is 242 g/mol. The largest absolute Gasteiger partial charge is 0.492 e. The van der Waals surface area contributed by atoms with Gasteiger partial charge < -0.3 is 14.2 Å². The van der Waals surface area contributed by atoms with Crippen molar-refractivity contribution in [1.29, 1.82) is 0 Å². The summed E-state index contributed by atoms with van der Waals surface area (Å²) in [7, 11) is 0. The van der Waals surface area contributed by atoms with Crippen LogP contribution in [0.4, 0.5) is 0 Å². The van der Waals surface area contributed by atoms with Crippen LogP contribution in [-0.2, 0) is 4.74 Å². The predicted octanol–water partition coefficient (Wildman–Crippen LogP) is 2.18. The van der Waals surface area contributed by atoms with E-state index in [1.165, 1.54) is 0 Å². The van der Waals surface area contributed by atoms with Gasteiger partial charge in [0, 0.05) is 25.7 Å². The lowest BCUT2D eigenvalue weighted by atomic mass is 10.3. The summed E-state index contributed by atoms with van der Waals surface area (Å²) >= 11 is 0. The van der Waals surface area contributed by atoms with Crippen LogP contribution in [0.25, 0.3) is 0 Å². The molecule has 0 radical (unpaired) electrons. The van der Waals surface area contributed by atoms with E-state index < -0.39 is 0 Å². The van der Waals surface area contributed by atoms with Crippen molar-refractivity contribution in [2.75, 3.05) is 39.5 Å². The standard InChI is InChI=1S/C15H23NO3/c1-13(2)19-15-5-3-4-14(12-15)18-11-8-16-6-9-17-10-7-16/h3-5,12-13H,6-11H2,1-2H3. The van der Waals surface area contributed by atoms with Crippen LogP contribution in [-0.4, -0.2) is 50.5 Å². The molecule has 4 nitrogen and oxygen atoms in total. The Balaban J connectivity index is 1.75. The monoisotopic (exact) mass is 265 g/mol. The second-order valence-electron chi connectivity index (χ2n) is 4.94. The zero-order valence-electron chi connectivity index (χ0n) is 11.8. The molecule has 19 heavy (non-hydrogen) atoms. The van der Waals surface area contributed by atoms with Gasteiger partial charge in [0.2, 0.25) is 0 Å². The number of morpholine rings is 1. The first kappa shape index (κ1) is 14.2. The van der Waals surface area contributed by atoms with Gasteiger partial charge in [0.15, 0.2) is 0 Å². The molecule has 1 heterocycles. The molecule has 0 N–H and O–H groups in total. The average molecular weight is 265 g/mol. The quantitative estimate of drug-likeness (QED) is 0.789. The molecule has 106 valence electrons. The SMILES string of the molecule is CC(C)Oc1cccc(OCCN2CCOCC2)c1. The lowest BCUT2D eigenvalue weighted by molar-refractivity contribution is 0.0322. The minimum atomic E-state index is 0.184. The highest BCUT2D eigenvalue weighted by Gasteiger charge is 2.09. The van der Waals surface area contributed by atoms with Crippen molar-refractivity contribution in [1.82, 2.24) is 4.90 Å². The van der Waals surface area contributed by atoms with Crippen molar-refractivity contribution in [3.05, 3.63) is 24.3 Å². The van der Waals surface area contributed by atoms with Crippen molar-refractivity contribution in [3.8, 4) is 11.5 Å². The first-order valence-electron chi connectivity index (χ1n) is 6.93. The van der Waals surface area contributed by atoms with E-state index >= 15 is 0 Å². The zero-order valence-corrected chi connectivity index (χ0v) is 11.8. The summed E-state index contributed by atoms with van der Waals surface area (Å²) in [6.07, 6.45) is 0.184. The summed E-state index contributed by atoms with van der Waals surface area (Å²) < 4.78 is 16.7. The van der Waals surface area contributed by atoms with Gasteiger partial charge in [0.05, 0.1) is 19.3 Å². The van der Waals surface area contributed by atoms with Crippen LogP contribution >= 0.6 is 0 Å². The van der Waals surface area contributed by atoms with Crippen LogP contribution in [0.15, 0.2) is 24.3 Å². The highest BCUT2D eigenvalue weighted by atomic mass is 16.5. The van der Waals surface area contributed by atoms with E-state index in [1.807, 2.05) is 38.1 Å². The maximum Gasteiger partial charge on any atom is 0.123 e. The van der Waals surface area contributed by atoms with Crippen molar-refractivity contribution < 1.29 is 14.2 Å². The topological polar surface area (TPSA) is 30.9 Å². The van der Waals surface area contributed by atoms with Crippen molar-refractivity contribution in [2.45, 2.75) is 20.0 Å². The molecule has 1 aromatic carbocycles. The lowest BCUT2D eigenvalue weighted by Gasteiger charge is -2.26. The molecule has 1 aliphatic heterocycles. The Labute approximate surface area is 115 Å². The zero-order chi connectivity index (χ0) is 13.5. The van der Waals surface area contributed by atoms with Crippen LogP contribution in [0, 0.1) is 0 Å². The molecular formula is C15H23NO3. The number of ether oxygens (including phenoxy) is 3. The van der Waals surface area contributed by atoms with Crippen molar-refractivity contribution >= 4 is 0 Å². The van der Waals surface area contributed by atoms with Crippen LogP contribution in [0.1, 0.15) is 13.8 Å². The van der Waals surface area contributed by atoms with Gasteiger partial charge in [-0.2, -0.15) is 0 Å². The van der Waals surface area contributed by atoms with Crippen LogP contribution < -0.4 is 9.47 Å². The van der Waals surface area contributed by atoms with E-state index in [4.69, 9.17) is 14.2 Å². The smallest absolute Gasteiger partial charge is 0.123 e.